The topological polar surface area (TPSA) is 32.3 Å². The molecule has 104 valence electrons. The second-order valence-corrected chi connectivity index (χ2v) is 5.16. The van der Waals surface area contributed by atoms with Crippen LogP contribution < -0.4 is 10.2 Å². The van der Waals surface area contributed by atoms with Gasteiger partial charge in [-0.05, 0) is 62.5 Å². The summed E-state index contributed by atoms with van der Waals surface area (Å²) in [6.45, 7) is 2.12. The number of halogens is 1. The molecule has 1 N–H and O–H groups in total. The first-order chi connectivity index (χ1) is 9.16. The molecule has 1 aliphatic heterocycles. The van der Waals surface area contributed by atoms with Crippen molar-refractivity contribution < 1.29 is 9.18 Å². The molecule has 0 unspecified atom stereocenters. The number of anilines is 1. The van der Waals surface area contributed by atoms with Crippen LogP contribution in [0.1, 0.15) is 25.7 Å². The van der Waals surface area contributed by atoms with Crippen LogP contribution in [-0.2, 0) is 4.79 Å². The van der Waals surface area contributed by atoms with Crippen molar-refractivity contribution in [3.05, 3.63) is 30.1 Å². The zero-order valence-corrected chi connectivity index (χ0v) is 11.4. The van der Waals surface area contributed by atoms with E-state index in [-0.39, 0.29) is 11.7 Å². The fraction of sp³-hybridized carbons (Fsp3) is 0.533. The quantitative estimate of drug-likeness (QED) is 0.906. The molecule has 19 heavy (non-hydrogen) atoms. The van der Waals surface area contributed by atoms with E-state index in [2.05, 4.69) is 5.32 Å². The third-order valence-corrected chi connectivity index (χ3v) is 3.81. The van der Waals surface area contributed by atoms with Crippen LogP contribution in [0.2, 0.25) is 0 Å². The zero-order valence-electron chi connectivity index (χ0n) is 11.4. The summed E-state index contributed by atoms with van der Waals surface area (Å²) in [5.74, 6) is 0.483. The molecule has 1 saturated heterocycles. The molecule has 4 heteroatoms. The van der Waals surface area contributed by atoms with Crippen LogP contribution >= 0.6 is 0 Å². The minimum absolute atomic E-state index is 0.102. The lowest BCUT2D eigenvalue weighted by Gasteiger charge is -2.23. The van der Waals surface area contributed by atoms with Crippen LogP contribution in [0.4, 0.5) is 10.1 Å². The molecule has 0 atom stereocenters. The Morgan fingerprint density at radius 1 is 1.32 bits per heavy atom. The maximum Gasteiger partial charge on any atom is 0.226 e. The minimum Gasteiger partial charge on any atom is -0.317 e. The second kappa shape index (κ2) is 6.66. The highest BCUT2D eigenvalue weighted by atomic mass is 19.1. The maximum absolute atomic E-state index is 12.8. The fourth-order valence-corrected chi connectivity index (χ4v) is 2.47. The van der Waals surface area contributed by atoms with Gasteiger partial charge in [-0.3, -0.25) is 4.79 Å². The van der Waals surface area contributed by atoms with Crippen molar-refractivity contribution in [1.82, 2.24) is 5.32 Å². The van der Waals surface area contributed by atoms with Gasteiger partial charge in [0.25, 0.3) is 0 Å². The number of hydrogen-bond donors (Lipinski definition) is 1. The van der Waals surface area contributed by atoms with Gasteiger partial charge in [-0.2, -0.15) is 0 Å². The van der Waals surface area contributed by atoms with E-state index < -0.39 is 0 Å². The number of amides is 1. The van der Waals surface area contributed by atoms with Crippen molar-refractivity contribution in [2.75, 3.05) is 25.0 Å². The number of nitrogens with zero attached hydrogens (tertiary/aromatic N) is 1. The summed E-state index contributed by atoms with van der Waals surface area (Å²) < 4.78 is 12.8. The van der Waals surface area contributed by atoms with Crippen LogP contribution in [0.5, 0.6) is 0 Å². The lowest BCUT2D eigenvalue weighted by Crippen LogP contribution is -2.30. The molecule has 2 rings (SSSR count). The first kappa shape index (κ1) is 14.0. The molecule has 0 radical (unpaired) electrons. The molecule has 0 bridgehead atoms. The molecule has 1 fully saturated rings. The number of carbonyl (C=O) groups is 1. The Kier molecular flexibility index (Phi) is 4.91. The van der Waals surface area contributed by atoms with Crippen molar-refractivity contribution in [2.45, 2.75) is 25.7 Å². The van der Waals surface area contributed by atoms with E-state index >= 15 is 0 Å². The maximum atomic E-state index is 12.8. The van der Waals surface area contributed by atoms with Gasteiger partial charge < -0.3 is 10.2 Å². The summed E-state index contributed by atoms with van der Waals surface area (Å²) in [7, 11) is 1.75. The van der Waals surface area contributed by atoms with E-state index in [0.717, 1.165) is 38.0 Å². The number of rotatable bonds is 4. The van der Waals surface area contributed by atoms with E-state index in [9.17, 15) is 9.18 Å². The molecule has 1 aliphatic rings. The number of hydrogen-bond acceptors (Lipinski definition) is 2. The monoisotopic (exact) mass is 264 g/mol. The highest BCUT2D eigenvalue weighted by molar-refractivity contribution is 5.92. The minimum atomic E-state index is -0.278. The van der Waals surface area contributed by atoms with Gasteiger partial charge in [-0.25, -0.2) is 4.39 Å². The molecule has 0 spiro atoms. The molecular formula is C15H21FN2O. The van der Waals surface area contributed by atoms with Crippen molar-refractivity contribution in [2.24, 2.45) is 5.92 Å². The Hall–Kier alpha value is -1.42. The van der Waals surface area contributed by atoms with E-state index in [1.165, 1.54) is 12.1 Å². The molecule has 1 heterocycles. The number of nitrogens with one attached hydrogen (secondary N) is 1. The van der Waals surface area contributed by atoms with Gasteiger partial charge >= 0.3 is 0 Å². The summed E-state index contributed by atoms with van der Waals surface area (Å²) in [5, 5.41) is 3.33. The van der Waals surface area contributed by atoms with E-state index in [4.69, 9.17) is 0 Å². The van der Waals surface area contributed by atoms with Gasteiger partial charge in [0.15, 0.2) is 0 Å². The molecule has 1 aromatic rings. The molecule has 3 nitrogen and oxygen atoms in total. The van der Waals surface area contributed by atoms with E-state index in [1.54, 1.807) is 24.1 Å². The van der Waals surface area contributed by atoms with Gasteiger partial charge in [0.2, 0.25) is 5.91 Å². The Morgan fingerprint density at radius 3 is 2.58 bits per heavy atom. The largest absolute Gasteiger partial charge is 0.317 e. The van der Waals surface area contributed by atoms with Gasteiger partial charge in [0.1, 0.15) is 5.82 Å². The average molecular weight is 264 g/mol. The first-order valence-electron chi connectivity index (χ1n) is 6.89. The van der Waals surface area contributed by atoms with Crippen molar-refractivity contribution >= 4 is 11.6 Å². The lowest BCUT2D eigenvalue weighted by molar-refractivity contribution is -0.118. The van der Waals surface area contributed by atoms with E-state index in [0.29, 0.717) is 12.3 Å². The van der Waals surface area contributed by atoms with Crippen LogP contribution in [0.25, 0.3) is 0 Å². The fourth-order valence-electron chi connectivity index (χ4n) is 2.47. The van der Waals surface area contributed by atoms with Gasteiger partial charge in [-0.15, -0.1) is 0 Å². The SMILES string of the molecule is CN(C(=O)CCC1CCNCC1)c1ccc(F)cc1. The summed E-state index contributed by atoms with van der Waals surface area (Å²) in [6, 6.07) is 6.04. The second-order valence-electron chi connectivity index (χ2n) is 5.16. The molecule has 0 aromatic heterocycles. The average Bonchev–Trinajstić information content (AvgIpc) is 2.46. The summed E-state index contributed by atoms with van der Waals surface area (Å²) in [5.41, 5.74) is 0.747. The van der Waals surface area contributed by atoms with Crippen LogP contribution in [0.3, 0.4) is 0 Å². The van der Waals surface area contributed by atoms with Crippen molar-refractivity contribution in [3.63, 3.8) is 0 Å². The third kappa shape index (κ3) is 4.03. The summed E-state index contributed by atoms with van der Waals surface area (Å²) in [6.07, 6.45) is 3.84. The normalized spacial score (nSPS) is 16.3. The molecule has 0 saturated carbocycles. The van der Waals surface area contributed by atoms with Crippen molar-refractivity contribution in [3.8, 4) is 0 Å². The van der Waals surface area contributed by atoms with Crippen molar-refractivity contribution in [1.29, 1.82) is 0 Å². The molecule has 1 amide bonds. The predicted molar refractivity (Wildman–Crippen MR) is 74.6 cm³/mol. The predicted octanol–water partition coefficient (Wildman–Crippen LogP) is 2.57. The first-order valence-corrected chi connectivity index (χ1v) is 6.89. The highest BCUT2D eigenvalue weighted by Gasteiger charge is 2.16. The zero-order chi connectivity index (χ0) is 13.7. The summed E-state index contributed by atoms with van der Waals surface area (Å²) >= 11 is 0. The Labute approximate surface area is 113 Å². The number of benzene rings is 1. The van der Waals surface area contributed by atoms with Gasteiger partial charge in [0, 0.05) is 19.2 Å². The highest BCUT2D eigenvalue weighted by Crippen LogP contribution is 2.20. The Balaban J connectivity index is 1.83. The number of carbonyl (C=O) groups excluding carboxylic acids is 1. The smallest absolute Gasteiger partial charge is 0.226 e. The molecule has 0 aliphatic carbocycles. The third-order valence-electron chi connectivity index (χ3n) is 3.81. The van der Waals surface area contributed by atoms with E-state index in [1.807, 2.05) is 0 Å². The summed E-state index contributed by atoms with van der Waals surface area (Å²) in [4.78, 5) is 13.7. The van der Waals surface area contributed by atoms with Gasteiger partial charge in [-0.1, -0.05) is 0 Å². The molecular weight excluding hydrogens is 243 g/mol. The van der Waals surface area contributed by atoms with Crippen LogP contribution in [-0.4, -0.2) is 26.0 Å². The Morgan fingerprint density at radius 2 is 1.95 bits per heavy atom. The number of piperidine rings is 1. The standard InChI is InChI=1S/C15H21FN2O/c1-18(14-5-3-13(16)4-6-14)15(19)7-2-12-8-10-17-11-9-12/h3-6,12,17H,2,7-11H2,1H3. The van der Waals surface area contributed by atoms with Gasteiger partial charge in [0.05, 0.1) is 0 Å². The van der Waals surface area contributed by atoms with Crippen LogP contribution in [0.15, 0.2) is 24.3 Å². The Bertz CT molecular complexity index is 413. The molecule has 1 aromatic carbocycles. The van der Waals surface area contributed by atoms with Crippen LogP contribution in [0, 0.1) is 11.7 Å². The lowest BCUT2D eigenvalue weighted by atomic mass is 9.93.